The van der Waals surface area contributed by atoms with Gasteiger partial charge < -0.3 is 10.1 Å². The van der Waals surface area contributed by atoms with Crippen molar-refractivity contribution in [2.75, 3.05) is 11.9 Å². The quantitative estimate of drug-likeness (QED) is 0.618. The molecule has 0 bridgehead atoms. The number of hydrogen-bond acceptors (Lipinski definition) is 2. The van der Waals surface area contributed by atoms with Crippen molar-refractivity contribution in [2.24, 2.45) is 0 Å². The van der Waals surface area contributed by atoms with E-state index in [2.05, 4.69) is 54.2 Å². The lowest BCUT2D eigenvalue weighted by Gasteiger charge is -2.12. The molecule has 0 radical (unpaired) electrons. The minimum atomic E-state index is 0.00281. The van der Waals surface area contributed by atoms with Gasteiger partial charge >= 0.3 is 0 Å². The first-order valence-electron chi connectivity index (χ1n) is 8.24. The standard InChI is InChI=1S/C20H24BrNO2/c1-14(2)19-10-9-18(12-15(19)3)24-11-5-8-20(23)22-17-7-4-6-16(21)13-17/h4,6-7,9-10,12-14H,5,8,11H2,1-3H3,(H,22,23). The molecule has 24 heavy (non-hydrogen) atoms. The van der Waals surface area contributed by atoms with Crippen LogP contribution in [-0.4, -0.2) is 12.5 Å². The number of amides is 1. The third-order valence-electron chi connectivity index (χ3n) is 3.79. The molecule has 0 unspecified atom stereocenters. The summed E-state index contributed by atoms with van der Waals surface area (Å²) in [5.74, 6) is 1.38. The van der Waals surface area contributed by atoms with Crippen LogP contribution in [0.1, 0.15) is 43.7 Å². The minimum absolute atomic E-state index is 0.00281. The van der Waals surface area contributed by atoms with Crippen molar-refractivity contribution in [2.45, 2.75) is 39.5 Å². The molecular weight excluding hydrogens is 366 g/mol. The summed E-state index contributed by atoms with van der Waals surface area (Å²) in [6.07, 6.45) is 1.13. The maximum absolute atomic E-state index is 11.9. The number of benzene rings is 2. The molecule has 0 atom stereocenters. The molecule has 1 amide bonds. The van der Waals surface area contributed by atoms with Crippen LogP contribution < -0.4 is 10.1 Å². The Hall–Kier alpha value is -1.81. The van der Waals surface area contributed by atoms with E-state index in [4.69, 9.17) is 4.74 Å². The third kappa shape index (κ3) is 5.68. The van der Waals surface area contributed by atoms with Gasteiger partial charge in [0.15, 0.2) is 0 Å². The highest BCUT2D eigenvalue weighted by Gasteiger charge is 2.06. The lowest BCUT2D eigenvalue weighted by atomic mass is 9.98. The molecule has 0 heterocycles. The van der Waals surface area contributed by atoms with E-state index in [9.17, 15) is 4.79 Å². The first-order valence-corrected chi connectivity index (χ1v) is 9.04. The van der Waals surface area contributed by atoms with Gasteiger partial charge in [-0.05, 0) is 60.7 Å². The van der Waals surface area contributed by atoms with Crippen molar-refractivity contribution in [1.82, 2.24) is 0 Å². The molecule has 4 heteroatoms. The van der Waals surface area contributed by atoms with Crippen LogP contribution in [0.3, 0.4) is 0 Å². The van der Waals surface area contributed by atoms with E-state index in [0.717, 1.165) is 15.9 Å². The number of hydrogen-bond donors (Lipinski definition) is 1. The van der Waals surface area contributed by atoms with Crippen molar-refractivity contribution >= 4 is 27.5 Å². The second kappa shape index (κ2) is 8.88. The highest BCUT2D eigenvalue weighted by Crippen LogP contribution is 2.23. The van der Waals surface area contributed by atoms with E-state index < -0.39 is 0 Å². The molecule has 0 saturated heterocycles. The second-order valence-corrected chi connectivity index (χ2v) is 7.10. The van der Waals surface area contributed by atoms with Crippen LogP contribution in [0.4, 0.5) is 5.69 Å². The number of ether oxygens (including phenoxy) is 1. The van der Waals surface area contributed by atoms with Crippen LogP contribution in [0.2, 0.25) is 0 Å². The van der Waals surface area contributed by atoms with Crippen LogP contribution >= 0.6 is 15.9 Å². The van der Waals surface area contributed by atoms with Crippen LogP contribution in [0, 0.1) is 6.92 Å². The molecule has 128 valence electrons. The van der Waals surface area contributed by atoms with Crippen molar-refractivity contribution in [3.63, 3.8) is 0 Å². The maximum atomic E-state index is 11.9. The summed E-state index contributed by atoms with van der Waals surface area (Å²) < 4.78 is 6.70. The van der Waals surface area contributed by atoms with Gasteiger partial charge in [-0.25, -0.2) is 0 Å². The molecule has 0 aliphatic rings. The van der Waals surface area contributed by atoms with Gasteiger partial charge in [-0.1, -0.05) is 41.9 Å². The highest BCUT2D eigenvalue weighted by atomic mass is 79.9. The molecule has 0 aliphatic carbocycles. The molecule has 0 spiro atoms. The SMILES string of the molecule is Cc1cc(OCCCC(=O)Nc2cccc(Br)c2)ccc1C(C)C. The Morgan fingerprint density at radius 3 is 2.67 bits per heavy atom. The molecule has 0 saturated carbocycles. The Kier molecular flexibility index (Phi) is 6.85. The van der Waals surface area contributed by atoms with Crippen molar-refractivity contribution < 1.29 is 9.53 Å². The molecule has 3 nitrogen and oxygen atoms in total. The summed E-state index contributed by atoms with van der Waals surface area (Å²) in [7, 11) is 0. The lowest BCUT2D eigenvalue weighted by Crippen LogP contribution is -2.12. The predicted molar refractivity (Wildman–Crippen MR) is 103 cm³/mol. The van der Waals surface area contributed by atoms with E-state index in [1.807, 2.05) is 30.3 Å². The highest BCUT2D eigenvalue weighted by molar-refractivity contribution is 9.10. The first-order chi connectivity index (χ1) is 11.5. The molecule has 0 aliphatic heterocycles. The van der Waals surface area contributed by atoms with Crippen LogP contribution in [0.5, 0.6) is 5.75 Å². The number of rotatable bonds is 7. The molecule has 2 rings (SSSR count). The monoisotopic (exact) mass is 389 g/mol. The Morgan fingerprint density at radius 2 is 2.00 bits per heavy atom. The summed E-state index contributed by atoms with van der Waals surface area (Å²) in [5, 5.41) is 2.89. The number of halogens is 1. The van der Waals surface area contributed by atoms with E-state index >= 15 is 0 Å². The van der Waals surface area contributed by atoms with Crippen LogP contribution in [-0.2, 0) is 4.79 Å². The molecule has 0 aromatic heterocycles. The summed E-state index contributed by atoms with van der Waals surface area (Å²) in [4.78, 5) is 11.9. The summed E-state index contributed by atoms with van der Waals surface area (Å²) in [5.41, 5.74) is 3.39. The fourth-order valence-corrected chi connectivity index (χ4v) is 3.00. The van der Waals surface area contributed by atoms with E-state index in [0.29, 0.717) is 25.4 Å². The van der Waals surface area contributed by atoms with Gasteiger partial charge in [0.2, 0.25) is 5.91 Å². The van der Waals surface area contributed by atoms with Crippen molar-refractivity contribution in [3.05, 3.63) is 58.1 Å². The number of carbonyl (C=O) groups excluding carboxylic acids is 1. The summed E-state index contributed by atoms with van der Waals surface area (Å²) in [6.45, 7) is 7.01. The van der Waals surface area contributed by atoms with Crippen molar-refractivity contribution in [3.8, 4) is 5.75 Å². The van der Waals surface area contributed by atoms with Gasteiger partial charge in [0, 0.05) is 16.6 Å². The van der Waals surface area contributed by atoms with Gasteiger partial charge in [0.1, 0.15) is 5.75 Å². The zero-order valence-electron chi connectivity index (χ0n) is 14.4. The minimum Gasteiger partial charge on any atom is -0.494 e. The Balaban J connectivity index is 1.74. The average Bonchev–Trinajstić information content (AvgIpc) is 2.51. The zero-order chi connectivity index (χ0) is 17.5. The first kappa shape index (κ1) is 18.5. The van der Waals surface area contributed by atoms with E-state index in [1.54, 1.807) is 0 Å². The maximum Gasteiger partial charge on any atom is 0.224 e. The van der Waals surface area contributed by atoms with Crippen molar-refractivity contribution in [1.29, 1.82) is 0 Å². The number of carbonyl (C=O) groups is 1. The van der Waals surface area contributed by atoms with E-state index in [-0.39, 0.29) is 5.91 Å². The second-order valence-electron chi connectivity index (χ2n) is 6.18. The smallest absolute Gasteiger partial charge is 0.224 e. The van der Waals surface area contributed by atoms with Crippen LogP contribution in [0.15, 0.2) is 46.9 Å². The van der Waals surface area contributed by atoms with E-state index in [1.165, 1.54) is 11.1 Å². The van der Waals surface area contributed by atoms with Gasteiger partial charge in [-0.3, -0.25) is 4.79 Å². The Bertz CT molecular complexity index is 698. The van der Waals surface area contributed by atoms with Gasteiger partial charge in [0.25, 0.3) is 0 Å². The lowest BCUT2D eigenvalue weighted by molar-refractivity contribution is -0.116. The number of aryl methyl sites for hydroxylation is 1. The third-order valence-corrected chi connectivity index (χ3v) is 4.28. The fraction of sp³-hybridized carbons (Fsp3) is 0.350. The summed E-state index contributed by atoms with van der Waals surface area (Å²) >= 11 is 3.39. The normalized spacial score (nSPS) is 10.7. The molecule has 2 aromatic carbocycles. The molecular formula is C20H24BrNO2. The van der Waals surface area contributed by atoms with Gasteiger partial charge in [-0.15, -0.1) is 0 Å². The van der Waals surface area contributed by atoms with Crippen LogP contribution in [0.25, 0.3) is 0 Å². The Labute approximate surface area is 152 Å². The predicted octanol–water partition coefficient (Wildman–Crippen LogP) is 5.68. The average molecular weight is 390 g/mol. The number of nitrogens with one attached hydrogen (secondary N) is 1. The summed E-state index contributed by atoms with van der Waals surface area (Å²) in [6, 6.07) is 13.8. The Morgan fingerprint density at radius 1 is 1.21 bits per heavy atom. The fourth-order valence-electron chi connectivity index (χ4n) is 2.60. The van der Waals surface area contributed by atoms with Gasteiger partial charge in [-0.2, -0.15) is 0 Å². The molecule has 1 N–H and O–H groups in total. The number of anilines is 1. The topological polar surface area (TPSA) is 38.3 Å². The largest absolute Gasteiger partial charge is 0.494 e. The molecule has 2 aromatic rings. The van der Waals surface area contributed by atoms with Gasteiger partial charge in [0.05, 0.1) is 6.61 Å². The zero-order valence-corrected chi connectivity index (χ0v) is 16.0. The molecule has 0 fully saturated rings.